The lowest BCUT2D eigenvalue weighted by Gasteiger charge is -2.29. The van der Waals surface area contributed by atoms with Crippen LogP contribution in [0.15, 0.2) is 30.3 Å². The standard InChI is InChI=1S/C21H25N3O4/c1-4-28-21(27)16-14(2)22-18(17(16)15-8-6-5-7-9-15)19(25)20(26)24-12-10-23(3)11-13-24/h5-9,22H,4,10-13H2,1-3H3/p+1. The van der Waals surface area contributed by atoms with E-state index >= 15 is 0 Å². The summed E-state index contributed by atoms with van der Waals surface area (Å²) in [6, 6.07) is 9.13. The molecule has 28 heavy (non-hydrogen) atoms. The van der Waals surface area contributed by atoms with Gasteiger partial charge in [0.1, 0.15) is 5.69 Å². The van der Waals surface area contributed by atoms with Crippen molar-refractivity contribution in [2.75, 3.05) is 39.8 Å². The van der Waals surface area contributed by atoms with E-state index in [4.69, 9.17) is 4.74 Å². The predicted octanol–water partition coefficient (Wildman–Crippen LogP) is 0.706. The molecular formula is C21H26N3O4+. The Bertz CT molecular complexity index is 881. The van der Waals surface area contributed by atoms with Crippen molar-refractivity contribution in [3.05, 3.63) is 47.3 Å². The van der Waals surface area contributed by atoms with Gasteiger partial charge in [0.2, 0.25) is 0 Å². The molecule has 1 aliphatic heterocycles. The number of piperazine rings is 1. The van der Waals surface area contributed by atoms with Gasteiger partial charge in [-0.2, -0.15) is 0 Å². The van der Waals surface area contributed by atoms with E-state index in [0.717, 1.165) is 13.1 Å². The highest BCUT2D eigenvalue weighted by Crippen LogP contribution is 2.31. The predicted molar refractivity (Wildman–Crippen MR) is 104 cm³/mol. The Kier molecular flexibility index (Phi) is 5.94. The maximum absolute atomic E-state index is 13.1. The monoisotopic (exact) mass is 384 g/mol. The van der Waals surface area contributed by atoms with E-state index in [2.05, 4.69) is 12.0 Å². The van der Waals surface area contributed by atoms with E-state index in [1.54, 1.807) is 18.7 Å². The first-order valence-electron chi connectivity index (χ1n) is 9.54. The summed E-state index contributed by atoms with van der Waals surface area (Å²) < 4.78 is 5.18. The molecule has 3 rings (SSSR count). The zero-order valence-electron chi connectivity index (χ0n) is 16.5. The summed E-state index contributed by atoms with van der Waals surface area (Å²) in [5, 5.41) is 0. The molecule has 2 aromatic rings. The Morgan fingerprint density at radius 3 is 2.39 bits per heavy atom. The molecule has 1 aromatic heterocycles. The van der Waals surface area contributed by atoms with E-state index in [0.29, 0.717) is 35.5 Å². The number of carbonyl (C=O) groups excluding carboxylic acids is 3. The van der Waals surface area contributed by atoms with Gasteiger partial charge >= 0.3 is 5.97 Å². The first-order valence-corrected chi connectivity index (χ1v) is 9.54. The lowest BCUT2D eigenvalue weighted by atomic mass is 9.98. The minimum Gasteiger partial charge on any atom is -0.462 e. The van der Waals surface area contributed by atoms with Crippen LogP contribution < -0.4 is 4.90 Å². The maximum Gasteiger partial charge on any atom is 0.340 e. The van der Waals surface area contributed by atoms with Gasteiger partial charge in [-0.05, 0) is 19.4 Å². The third-order valence-corrected chi connectivity index (χ3v) is 5.06. The van der Waals surface area contributed by atoms with Crippen molar-refractivity contribution < 1.29 is 24.0 Å². The van der Waals surface area contributed by atoms with Crippen LogP contribution >= 0.6 is 0 Å². The van der Waals surface area contributed by atoms with Gasteiger partial charge in [0.25, 0.3) is 11.7 Å². The Morgan fingerprint density at radius 1 is 1.14 bits per heavy atom. The lowest BCUT2D eigenvalue weighted by molar-refractivity contribution is -0.883. The molecule has 1 amide bonds. The number of benzene rings is 1. The fourth-order valence-corrected chi connectivity index (χ4v) is 3.49. The van der Waals surface area contributed by atoms with Gasteiger partial charge < -0.3 is 19.5 Å². The molecule has 1 fully saturated rings. The van der Waals surface area contributed by atoms with Crippen LogP contribution in [0, 0.1) is 6.92 Å². The summed E-state index contributed by atoms with van der Waals surface area (Å²) >= 11 is 0. The number of carbonyl (C=O) groups is 3. The molecule has 1 aliphatic rings. The molecule has 2 heterocycles. The second-order valence-electron chi connectivity index (χ2n) is 7.04. The average Bonchev–Trinajstić information content (AvgIpc) is 3.05. The van der Waals surface area contributed by atoms with Gasteiger partial charge in [-0.25, -0.2) is 4.79 Å². The number of aryl methyl sites for hydroxylation is 1. The van der Waals surface area contributed by atoms with E-state index in [1.807, 2.05) is 30.3 Å². The number of aromatic amines is 1. The van der Waals surface area contributed by atoms with Gasteiger partial charge in [-0.3, -0.25) is 9.59 Å². The number of hydrogen-bond acceptors (Lipinski definition) is 4. The topological polar surface area (TPSA) is 83.9 Å². The molecule has 0 spiro atoms. The molecule has 1 aromatic carbocycles. The summed E-state index contributed by atoms with van der Waals surface area (Å²) in [6.45, 7) is 6.36. The van der Waals surface area contributed by atoms with Crippen LogP contribution in [0.3, 0.4) is 0 Å². The van der Waals surface area contributed by atoms with E-state index in [1.165, 1.54) is 4.90 Å². The van der Waals surface area contributed by atoms with Crippen molar-refractivity contribution in [3.63, 3.8) is 0 Å². The number of nitrogens with one attached hydrogen (secondary N) is 2. The highest BCUT2D eigenvalue weighted by Gasteiger charge is 2.33. The number of esters is 1. The summed E-state index contributed by atoms with van der Waals surface area (Å²) in [6.07, 6.45) is 0. The van der Waals surface area contributed by atoms with Crippen molar-refractivity contribution in [2.45, 2.75) is 13.8 Å². The number of nitrogens with zero attached hydrogens (tertiary/aromatic N) is 1. The Balaban J connectivity index is 2.03. The first kappa shape index (κ1) is 19.8. The van der Waals surface area contributed by atoms with Crippen LogP contribution in [0.4, 0.5) is 0 Å². The highest BCUT2D eigenvalue weighted by molar-refractivity contribution is 6.43. The molecule has 0 aliphatic carbocycles. The molecule has 0 bridgehead atoms. The highest BCUT2D eigenvalue weighted by atomic mass is 16.5. The number of H-pyrrole nitrogens is 1. The van der Waals surface area contributed by atoms with Gasteiger partial charge in [-0.15, -0.1) is 0 Å². The number of rotatable bonds is 5. The molecule has 7 nitrogen and oxygen atoms in total. The minimum absolute atomic E-state index is 0.142. The molecular weight excluding hydrogens is 358 g/mol. The van der Waals surface area contributed by atoms with Crippen molar-refractivity contribution in [1.82, 2.24) is 9.88 Å². The van der Waals surface area contributed by atoms with E-state index in [9.17, 15) is 14.4 Å². The second kappa shape index (κ2) is 8.39. The SMILES string of the molecule is CCOC(=O)c1c(C)[nH]c(C(=O)C(=O)N2CC[NH+](C)CC2)c1-c1ccccc1. The maximum atomic E-state index is 13.1. The molecule has 0 atom stereocenters. The van der Waals surface area contributed by atoms with Gasteiger partial charge in [0.05, 0.1) is 45.4 Å². The molecule has 0 radical (unpaired) electrons. The van der Waals surface area contributed by atoms with Crippen LogP contribution in [-0.4, -0.2) is 67.4 Å². The number of Topliss-reactive ketones (excluding diaryl/α,β-unsaturated/α-hetero) is 1. The number of hydrogen-bond donors (Lipinski definition) is 2. The largest absolute Gasteiger partial charge is 0.462 e. The Hall–Kier alpha value is -2.93. The number of ether oxygens (including phenoxy) is 1. The van der Waals surface area contributed by atoms with Crippen molar-refractivity contribution >= 4 is 17.7 Å². The van der Waals surface area contributed by atoms with E-state index < -0.39 is 17.7 Å². The number of ketones is 1. The van der Waals surface area contributed by atoms with Crippen LogP contribution in [0.5, 0.6) is 0 Å². The number of likely N-dealkylation sites (N-methyl/N-ethyl adjacent to an activating group) is 1. The fourth-order valence-electron chi connectivity index (χ4n) is 3.49. The molecule has 0 saturated carbocycles. The molecule has 1 saturated heterocycles. The Labute approximate surface area is 164 Å². The molecule has 7 heteroatoms. The van der Waals surface area contributed by atoms with E-state index in [-0.39, 0.29) is 12.3 Å². The third-order valence-electron chi connectivity index (χ3n) is 5.06. The van der Waals surface area contributed by atoms with Crippen LogP contribution in [-0.2, 0) is 9.53 Å². The average molecular weight is 384 g/mol. The first-order chi connectivity index (χ1) is 13.4. The quantitative estimate of drug-likeness (QED) is 0.452. The molecule has 0 unspecified atom stereocenters. The van der Waals surface area contributed by atoms with Gasteiger partial charge in [0, 0.05) is 11.3 Å². The number of amides is 1. The summed E-state index contributed by atoms with van der Waals surface area (Å²) in [4.78, 5) is 44.4. The van der Waals surface area contributed by atoms with Crippen molar-refractivity contribution in [1.29, 1.82) is 0 Å². The van der Waals surface area contributed by atoms with Crippen LogP contribution in [0.1, 0.15) is 33.5 Å². The summed E-state index contributed by atoms with van der Waals surface area (Å²) in [7, 11) is 2.07. The second-order valence-corrected chi connectivity index (χ2v) is 7.04. The zero-order valence-corrected chi connectivity index (χ0v) is 16.5. The smallest absolute Gasteiger partial charge is 0.340 e. The summed E-state index contributed by atoms with van der Waals surface area (Å²) in [5.74, 6) is -1.68. The van der Waals surface area contributed by atoms with Crippen LogP contribution in [0.2, 0.25) is 0 Å². The van der Waals surface area contributed by atoms with Crippen molar-refractivity contribution in [2.24, 2.45) is 0 Å². The normalized spacial score (nSPS) is 14.8. The van der Waals surface area contributed by atoms with Gasteiger partial charge in [0.15, 0.2) is 0 Å². The lowest BCUT2D eigenvalue weighted by Crippen LogP contribution is -3.12. The number of aromatic nitrogens is 1. The minimum atomic E-state index is -0.628. The number of quaternary nitrogens is 1. The third kappa shape index (κ3) is 3.84. The zero-order chi connectivity index (χ0) is 20.3. The van der Waals surface area contributed by atoms with Crippen LogP contribution in [0.25, 0.3) is 11.1 Å². The Morgan fingerprint density at radius 2 is 1.79 bits per heavy atom. The molecule has 148 valence electrons. The summed E-state index contributed by atoms with van der Waals surface area (Å²) in [5.41, 5.74) is 2.06. The van der Waals surface area contributed by atoms with Crippen molar-refractivity contribution in [3.8, 4) is 11.1 Å². The van der Waals surface area contributed by atoms with Gasteiger partial charge in [-0.1, -0.05) is 30.3 Å². The molecule has 2 N–H and O–H groups in total. The fraction of sp³-hybridized carbons (Fsp3) is 0.381.